The molecule has 0 aromatic carbocycles. The van der Waals surface area contributed by atoms with Crippen molar-refractivity contribution in [2.24, 2.45) is 0 Å². The van der Waals surface area contributed by atoms with E-state index in [1.54, 1.807) is 19.0 Å². The van der Waals surface area contributed by atoms with Gasteiger partial charge in [0.2, 0.25) is 0 Å². The zero-order valence-electron chi connectivity index (χ0n) is 9.63. The van der Waals surface area contributed by atoms with Crippen LogP contribution in [0.1, 0.15) is 36.0 Å². The molecule has 3 heteroatoms. The number of aryl methyl sites for hydroxylation is 1. The predicted octanol–water partition coefficient (Wildman–Crippen LogP) is 3.04. The Kier molecular flexibility index (Phi) is 6.21. The third-order valence-corrected chi connectivity index (χ3v) is 2.65. The van der Waals surface area contributed by atoms with Gasteiger partial charge in [0, 0.05) is 14.1 Å². The molecule has 1 aromatic rings. The molecule has 0 aliphatic heterocycles. The minimum absolute atomic E-state index is 0.0969. The van der Waals surface area contributed by atoms with Gasteiger partial charge in [-0.05, 0) is 23.4 Å². The molecule has 1 aromatic heterocycles. The Morgan fingerprint density at radius 2 is 2.00 bits per heavy atom. The van der Waals surface area contributed by atoms with E-state index in [1.807, 2.05) is 25.3 Å². The SMILES string of the molecule is CC.CCc1csc(C(=O)N(C)C)c1. The quantitative estimate of drug-likeness (QED) is 0.739. The third kappa shape index (κ3) is 3.50. The number of hydrogen-bond acceptors (Lipinski definition) is 2. The van der Waals surface area contributed by atoms with Gasteiger partial charge < -0.3 is 4.90 Å². The van der Waals surface area contributed by atoms with Crippen LogP contribution in [0.5, 0.6) is 0 Å². The maximum Gasteiger partial charge on any atom is 0.263 e. The fourth-order valence-electron chi connectivity index (χ4n) is 0.894. The summed E-state index contributed by atoms with van der Waals surface area (Å²) in [7, 11) is 3.54. The third-order valence-electron chi connectivity index (χ3n) is 1.68. The molecule has 1 amide bonds. The number of nitrogens with zero attached hydrogens (tertiary/aromatic N) is 1. The van der Waals surface area contributed by atoms with Crippen LogP contribution in [-0.4, -0.2) is 24.9 Å². The molecule has 2 nitrogen and oxygen atoms in total. The second kappa shape index (κ2) is 6.60. The van der Waals surface area contributed by atoms with E-state index in [4.69, 9.17) is 0 Å². The first-order chi connectivity index (χ1) is 6.65. The van der Waals surface area contributed by atoms with Crippen LogP contribution in [0.25, 0.3) is 0 Å². The highest BCUT2D eigenvalue weighted by molar-refractivity contribution is 7.12. The van der Waals surface area contributed by atoms with E-state index in [0.717, 1.165) is 11.3 Å². The normalized spacial score (nSPS) is 8.93. The molecule has 0 aliphatic rings. The Labute approximate surface area is 90.6 Å². The van der Waals surface area contributed by atoms with Gasteiger partial charge >= 0.3 is 0 Å². The van der Waals surface area contributed by atoms with E-state index in [9.17, 15) is 4.79 Å². The molecule has 0 saturated carbocycles. The molecule has 0 atom stereocenters. The Morgan fingerprint density at radius 1 is 1.43 bits per heavy atom. The number of rotatable bonds is 2. The first kappa shape index (κ1) is 13.2. The van der Waals surface area contributed by atoms with Crippen molar-refractivity contribution in [1.82, 2.24) is 4.90 Å². The molecule has 0 aliphatic carbocycles. The van der Waals surface area contributed by atoms with Gasteiger partial charge in [-0.3, -0.25) is 4.79 Å². The Morgan fingerprint density at radius 3 is 2.36 bits per heavy atom. The van der Waals surface area contributed by atoms with Crippen LogP contribution in [0.4, 0.5) is 0 Å². The fourth-order valence-corrected chi connectivity index (χ4v) is 1.91. The van der Waals surface area contributed by atoms with Crippen molar-refractivity contribution < 1.29 is 4.79 Å². The molecule has 1 heterocycles. The standard InChI is InChI=1S/C9H13NOS.C2H6/c1-4-7-5-8(12-6-7)9(11)10(2)3;1-2/h5-6H,4H2,1-3H3;1-2H3. The molecule has 14 heavy (non-hydrogen) atoms. The molecule has 0 radical (unpaired) electrons. The van der Waals surface area contributed by atoms with Crippen LogP contribution >= 0.6 is 11.3 Å². The molecular weight excluding hydrogens is 194 g/mol. The summed E-state index contributed by atoms with van der Waals surface area (Å²) in [6, 6.07) is 1.97. The van der Waals surface area contributed by atoms with Crippen LogP contribution in [0.15, 0.2) is 11.4 Å². The van der Waals surface area contributed by atoms with Crippen LogP contribution in [0.2, 0.25) is 0 Å². The van der Waals surface area contributed by atoms with Crippen molar-refractivity contribution in [2.45, 2.75) is 27.2 Å². The zero-order chi connectivity index (χ0) is 11.1. The summed E-state index contributed by atoms with van der Waals surface area (Å²) < 4.78 is 0. The van der Waals surface area contributed by atoms with Crippen molar-refractivity contribution in [1.29, 1.82) is 0 Å². The van der Waals surface area contributed by atoms with Crippen LogP contribution < -0.4 is 0 Å². The maximum atomic E-state index is 11.4. The molecule has 0 fully saturated rings. The number of thiophene rings is 1. The zero-order valence-corrected chi connectivity index (χ0v) is 10.4. The maximum absolute atomic E-state index is 11.4. The summed E-state index contributed by atoms with van der Waals surface area (Å²) in [5.41, 5.74) is 1.24. The highest BCUT2D eigenvalue weighted by Crippen LogP contribution is 2.16. The van der Waals surface area contributed by atoms with E-state index in [-0.39, 0.29) is 5.91 Å². The largest absolute Gasteiger partial charge is 0.344 e. The lowest BCUT2D eigenvalue weighted by molar-refractivity contribution is 0.0832. The van der Waals surface area contributed by atoms with Gasteiger partial charge in [-0.25, -0.2) is 0 Å². The summed E-state index contributed by atoms with van der Waals surface area (Å²) >= 11 is 1.52. The topological polar surface area (TPSA) is 20.3 Å². The second-order valence-corrected chi connectivity index (χ2v) is 3.78. The predicted molar refractivity (Wildman–Crippen MR) is 63.1 cm³/mol. The van der Waals surface area contributed by atoms with Crippen LogP contribution in [0, 0.1) is 0 Å². The lowest BCUT2D eigenvalue weighted by Crippen LogP contribution is -2.20. The van der Waals surface area contributed by atoms with Crippen molar-refractivity contribution >= 4 is 17.2 Å². The molecular formula is C11H19NOS. The van der Waals surface area contributed by atoms with Crippen molar-refractivity contribution in [3.63, 3.8) is 0 Å². The molecule has 0 bridgehead atoms. The Balaban J connectivity index is 0.000000791. The van der Waals surface area contributed by atoms with Gasteiger partial charge in [0.25, 0.3) is 5.91 Å². The summed E-state index contributed by atoms with van der Waals surface area (Å²) in [5, 5.41) is 2.04. The highest BCUT2D eigenvalue weighted by Gasteiger charge is 2.09. The van der Waals surface area contributed by atoms with Gasteiger partial charge in [-0.15, -0.1) is 11.3 Å². The lowest BCUT2D eigenvalue weighted by Gasteiger charge is -2.06. The van der Waals surface area contributed by atoms with Gasteiger partial charge in [-0.2, -0.15) is 0 Å². The van der Waals surface area contributed by atoms with Crippen molar-refractivity contribution in [2.75, 3.05) is 14.1 Å². The number of hydrogen-bond donors (Lipinski definition) is 0. The minimum atomic E-state index is 0.0969. The number of carbonyl (C=O) groups excluding carboxylic acids is 1. The average molecular weight is 213 g/mol. The number of carbonyl (C=O) groups is 1. The summed E-state index contributed by atoms with van der Waals surface area (Å²) in [5.74, 6) is 0.0969. The van der Waals surface area contributed by atoms with Crippen LogP contribution in [0.3, 0.4) is 0 Å². The monoisotopic (exact) mass is 213 g/mol. The van der Waals surface area contributed by atoms with Crippen molar-refractivity contribution in [3.8, 4) is 0 Å². The van der Waals surface area contributed by atoms with E-state index in [0.29, 0.717) is 0 Å². The summed E-state index contributed by atoms with van der Waals surface area (Å²) in [6.45, 7) is 6.09. The van der Waals surface area contributed by atoms with E-state index in [2.05, 4.69) is 6.92 Å². The second-order valence-electron chi connectivity index (χ2n) is 2.87. The molecule has 0 unspecified atom stereocenters. The highest BCUT2D eigenvalue weighted by atomic mass is 32.1. The minimum Gasteiger partial charge on any atom is -0.344 e. The fraction of sp³-hybridized carbons (Fsp3) is 0.545. The molecule has 80 valence electrons. The van der Waals surface area contributed by atoms with E-state index >= 15 is 0 Å². The van der Waals surface area contributed by atoms with Gasteiger partial charge in [-0.1, -0.05) is 20.8 Å². The molecule has 0 N–H and O–H groups in total. The number of amides is 1. The van der Waals surface area contributed by atoms with E-state index in [1.165, 1.54) is 16.9 Å². The summed E-state index contributed by atoms with van der Waals surface area (Å²) in [6.07, 6.45) is 0.997. The smallest absolute Gasteiger partial charge is 0.263 e. The summed E-state index contributed by atoms with van der Waals surface area (Å²) in [4.78, 5) is 13.8. The average Bonchev–Trinajstić information content (AvgIpc) is 2.67. The first-order valence-corrected chi connectivity index (χ1v) is 5.82. The van der Waals surface area contributed by atoms with Crippen LogP contribution in [-0.2, 0) is 6.42 Å². The van der Waals surface area contributed by atoms with Gasteiger partial charge in [0.15, 0.2) is 0 Å². The molecule has 0 spiro atoms. The van der Waals surface area contributed by atoms with Gasteiger partial charge in [0.05, 0.1) is 4.88 Å². The van der Waals surface area contributed by atoms with Crippen molar-refractivity contribution in [3.05, 3.63) is 21.9 Å². The van der Waals surface area contributed by atoms with E-state index < -0.39 is 0 Å². The lowest BCUT2D eigenvalue weighted by atomic mass is 10.2. The Hall–Kier alpha value is -0.830. The first-order valence-electron chi connectivity index (χ1n) is 4.94. The Bertz CT molecular complexity index is 279. The molecule has 1 rings (SSSR count). The van der Waals surface area contributed by atoms with Gasteiger partial charge in [0.1, 0.15) is 0 Å². The molecule has 0 saturated heterocycles.